The fourth-order valence-electron chi connectivity index (χ4n) is 3.66. The molecule has 2 heterocycles. The average Bonchev–Trinajstić information content (AvgIpc) is 3.27. The van der Waals surface area contributed by atoms with E-state index in [2.05, 4.69) is 46.4 Å². The molecule has 4 rings (SSSR count). The minimum Gasteiger partial charge on any atom is -0.496 e. The number of hydrogen-bond donors (Lipinski definition) is 1. The van der Waals surface area contributed by atoms with E-state index < -0.39 is 0 Å². The minimum absolute atomic E-state index is 0.432. The van der Waals surface area contributed by atoms with Gasteiger partial charge in [0.25, 0.3) is 0 Å². The summed E-state index contributed by atoms with van der Waals surface area (Å²) in [6.07, 6.45) is 10.3. The van der Waals surface area contributed by atoms with E-state index in [9.17, 15) is 5.26 Å². The Morgan fingerprint density at radius 3 is 2.75 bits per heavy atom. The second kappa shape index (κ2) is 11.5. The lowest BCUT2D eigenvalue weighted by Gasteiger charge is -2.15. The molecule has 0 atom stereocenters. The lowest BCUT2D eigenvalue weighted by molar-refractivity contribution is 0.414. The summed E-state index contributed by atoms with van der Waals surface area (Å²) < 4.78 is 7.61. The summed E-state index contributed by atoms with van der Waals surface area (Å²) in [5.74, 6) is 0.711. The molecule has 2 aromatic heterocycles. The monoisotopic (exact) mass is 518 g/mol. The van der Waals surface area contributed by atoms with Crippen LogP contribution < -0.4 is 10.1 Å². The van der Waals surface area contributed by atoms with E-state index in [4.69, 9.17) is 16.3 Å². The van der Waals surface area contributed by atoms with Gasteiger partial charge in [-0.3, -0.25) is 4.98 Å². The first-order valence-electron chi connectivity index (χ1n) is 11.3. The first-order chi connectivity index (χ1) is 17.4. The van der Waals surface area contributed by atoms with Gasteiger partial charge in [0.1, 0.15) is 11.8 Å². The predicted molar refractivity (Wildman–Crippen MR) is 147 cm³/mol. The van der Waals surface area contributed by atoms with E-state index in [0.29, 0.717) is 22.0 Å². The number of hydrogen-bond acceptors (Lipinski definition) is 7. The van der Waals surface area contributed by atoms with Crippen LogP contribution in [0.25, 0.3) is 17.0 Å². The number of halogens is 1. The maximum absolute atomic E-state index is 9.78. The summed E-state index contributed by atoms with van der Waals surface area (Å²) in [6.45, 7) is 0.964. The third-order valence-electron chi connectivity index (χ3n) is 5.56. The van der Waals surface area contributed by atoms with Crippen LogP contribution in [0.2, 0.25) is 5.02 Å². The second-order valence-electron chi connectivity index (χ2n) is 8.46. The maximum atomic E-state index is 9.78. The Hall–Kier alpha value is -3.51. The molecule has 184 valence electrons. The second-order valence-corrected chi connectivity index (χ2v) is 9.87. The Morgan fingerprint density at radius 1 is 1.25 bits per heavy atom. The van der Waals surface area contributed by atoms with E-state index >= 15 is 0 Å². The molecule has 0 radical (unpaired) electrons. The van der Waals surface area contributed by atoms with Crippen LogP contribution in [0.5, 0.6) is 5.75 Å². The van der Waals surface area contributed by atoms with Gasteiger partial charge in [0, 0.05) is 53.7 Å². The number of rotatable bonds is 9. The number of nitrogens with one attached hydrogen (secondary N) is 1. The van der Waals surface area contributed by atoms with Crippen LogP contribution in [0.3, 0.4) is 0 Å². The Balaban J connectivity index is 1.67. The average molecular weight is 519 g/mol. The summed E-state index contributed by atoms with van der Waals surface area (Å²) >= 11 is 8.09. The van der Waals surface area contributed by atoms with Gasteiger partial charge in [-0.2, -0.15) is 5.26 Å². The number of ether oxygens (including phenoxy) is 1. The van der Waals surface area contributed by atoms with Crippen LogP contribution in [-0.4, -0.2) is 47.2 Å². The molecule has 0 unspecified atom stereocenters. The Kier molecular flexibility index (Phi) is 8.16. The molecule has 0 fully saturated rings. The molecule has 36 heavy (non-hydrogen) atoms. The van der Waals surface area contributed by atoms with Crippen LogP contribution >= 0.6 is 23.4 Å². The lowest BCUT2D eigenvalue weighted by atomic mass is 10.0. The van der Waals surface area contributed by atoms with Gasteiger partial charge in [-0.15, -0.1) is 0 Å². The molecular formula is C27H27ClN6OS. The largest absolute Gasteiger partial charge is 0.496 e. The predicted octanol–water partition coefficient (Wildman–Crippen LogP) is 6.36. The Bertz CT molecular complexity index is 1460. The van der Waals surface area contributed by atoms with Gasteiger partial charge in [-0.05, 0) is 50.8 Å². The number of nitriles is 1. The van der Waals surface area contributed by atoms with Crippen molar-refractivity contribution in [2.75, 3.05) is 33.1 Å². The van der Waals surface area contributed by atoms with Crippen molar-refractivity contribution < 1.29 is 4.74 Å². The molecule has 0 saturated heterocycles. The van der Waals surface area contributed by atoms with Crippen LogP contribution in [0.1, 0.15) is 17.5 Å². The van der Waals surface area contributed by atoms with E-state index in [1.165, 1.54) is 11.8 Å². The van der Waals surface area contributed by atoms with E-state index in [-0.39, 0.29) is 0 Å². The van der Waals surface area contributed by atoms with Gasteiger partial charge in [0.05, 0.1) is 28.9 Å². The summed E-state index contributed by atoms with van der Waals surface area (Å²) in [5, 5.41) is 15.4. The highest BCUT2D eigenvalue weighted by molar-refractivity contribution is 7.99. The summed E-state index contributed by atoms with van der Waals surface area (Å²) in [5.41, 5.74) is 3.55. The number of nitrogens with zero attached hydrogens (tertiary/aromatic N) is 5. The molecule has 9 heteroatoms. The van der Waals surface area contributed by atoms with Crippen molar-refractivity contribution in [1.82, 2.24) is 19.4 Å². The van der Waals surface area contributed by atoms with Crippen molar-refractivity contribution in [3.05, 3.63) is 71.1 Å². The van der Waals surface area contributed by atoms with Crippen molar-refractivity contribution in [3.8, 4) is 11.8 Å². The summed E-state index contributed by atoms with van der Waals surface area (Å²) in [7, 11) is 7.69. The molecule has 7 nitrogen and oxygen atoms in total. The summed E-state index contributed by atoms with van der Waals surface area (Å²) in [4.78, 5) is 11.9. The van der Waals surface area contributed by atoms with Crippen LogP contribution in [0.4, 0.5) is 11.4 Å². The Labute approximate surface area is 220 Å². The normalized spacial score (nSPS) is 11.4. The molecule has 0 aliphatic heterocycles. The Morgan fingerprint density at radius 2 is 2.08 bits per heavy atom. The van der Waals surface area contributed by atoms with Crippen molar-refractivity contribution in [3.63, 3.8) is 0 Å². The zero-order chi connectivity index (χ0) is 25.7. The number of benzene rings is 2. The van der Waals surface area contributed by atoms with Crippen molar-refractivity contribution >= 4 is 51.7 Å². The molecule has 0 aliphatic carbocycles. The van der Waals surface area contributed by atoms with Crippen molar-refractivity contribution in [1.29, 1.82) is 5.26 Å². The number of fused-ring (bicyclic) bond motifs is 1. The standard InChI is InChI=1S/C27H27ClN6OS/c1-33(2)11-6-5-7-18-13-23-21(15-24(18)35-4)26(19(16-29)17-31-23)32-20-8-9-25(22(28)14-20)36-27-30-10-12-34(27)3/h5,7-10,12-15,17H,6,11H2,1-4H3,(H,31,32)/b7-5+. The molecule has 2 aromatic carbocycles. The summed E-state index contributed by atoms with van der Waals surface area (Å²) in [6, 6.07) is 11.9. The number of aryl methyl sites for hydroxylation is 1. The third-order valence-corrected chi connectivity index (χ3v) is 7.14. The SMILES string of the molecule is COc1cc2c(Nc3ccc(Sc4nccn4C)c(Cl)c3)c(C#N)cnc2cc1/C=C/CCN(C)C. The topological polar surface area (TPSA) is 79.0 Å². The number of anilines is 2. The third kappa shape index (κ3) is 5.82. The van der Waals surface area contributed by atoms with E-state index in [1.807, 2.05) is 54.2 Å². The first kappa shape index (κ1) is 25.6. The number of imidazole rings is 1. The fraction of sp³-hybridized carbons (Fsp3) is 0.222. The zero-order valence-electron chi connectivity index (χ0n) is 20.6. The van der Waals surface area contributed by atoms with Crippen LogP contribution in [0, 0.1) is 11.3 Å². The van der Waals surface area contributed by atoms with Crippen LogP contribution in [0.15, 0.2) is 65.1 Å². The number of aromatic nitrogens is 3. The molecule has 0 aliphatic rings. The molecular weight excluding hydrogens is 492 g/mol. The van der Waals surface area contributed by atoms with Gasteiger partial charge in [-0.25, -0.2) is 4.98 Å². The molecule has 0 amide bonds. The highest BCUT2D eigenvalue weighted by atomic mass is 35.5. The van der Waals surface area contributed by atoms with Gasteiger partial charge >= 0.3 is 0 Å². The van der Waals surface area contributed by atoms with Crippen LogP contribution in [-0.2, 0) is 7.05 Å². The van der Waals surface area contributed by atoms with Gasteiger partial charge < -0.3 is 19.5 Å². The fourth-order valence-corrected chi connectivity index (χ4v) is 4.76. The highest BCUT2D eigenvalue weighted by Gasteiger charge is 2.14. The molecule has 4 aromatic rings. The van der Waals surface area contributed by atoms with Gasteiger partial charge in [-0.1, -0.05) is 35.5 Å². The molecule has 0 saturated carbocycles. The van der Waals surface area contributed by atoms with Crippen molar-refractivity contribution in [2.45, 2.75) is 16.5 Å². The molecule has 0 bridgehead atoms. The van der Waals surface area contributed by atoms with Crippen molar-refractivity contribution in [2.24, 2.45) is 7.05 Å². The number of methoxy groups -OCH3 is 1. The molecule has 0 spiro atoms. The number of pyridine rings is 1. The maximum Gasteiger partial charge on any atom is 0.172 e. The van der Waals surface area contributed by atoms with E-state index in [0.717, 1.165) is 45.2 Å². The molecule has 1 N–H and O–H groups in total. The quantitative estimate of drug-likeness (QED) is 0.276. The van der Waals surface area contributed by atoms with Gasteiger partial charge in [0.15, 0.2) is 5.16 Å². The lowest BCUT2D eigenvalue weighted by Crippen LogP contribution is -2.11. The smallest absolute Gasteiger partial charge is 0.172 e. The van der Waals surface area contributed by atoms with Gasteiger partial charge in [0.2, 0.25) is 0 Å². The van der Waals surface area contributed by atoms with E-state index in [1.54, 1.807) is 19.5 Å². The zero-order valence-corrected chi connectivity index (χ0v) is 22.2. The first-order valence-corrected chi connectivity index (χ1v) is 12.5. The minimum atomic E-state index is 0.432. The highest BCUT2D eigenvalue weighted by Crippen LogP contribution is 2.37.